The monoisotopic (exact) mass is 171 g/mol. The van der Waals surface area contributed by atoms with Crippen molar-refractivity contribution in [3.05, 3.63) is 0 Å². The highest BCUT2D eigenvalue weighted by Gasteiger charge is 2.34. The molecule has 0 aromatic carbocycles. The highest BCUT2D eigenvalue weighted by atomic mass is 15.6. The summed E-state index contributed by atoms with van der Waals surface area (Å²) in [5.74, 6) is 0. The Bertz CT molecular complexity index is 158. The van der Waals surface area contributed by atoms with Gasteiger partial charge in [-0.25, -0.2) is 9.80 Å². The minimum absolute atomic E-state index is 1.06. The molecule has 0 saturated carbocycles. The topological polar surface area (TPSA) is 18.5 Å². The molecule has 2 fully saturated rings. The van der Waals surface area contributed by atoms with E-state index in [-0.39, 0.29) is 0 Å². The van der Waals surface area contributed by atoms with Gasteiger partial charge in [-0.3, -0.25) is 5.32 Å². The van der Waals surface area contributed by atoms with Gasteiger partial charge < -0.3 is 4.48 Å². The SMILES string of the molecule is CC[N+]1(C)CN2CNCN(C2)C1. The first-order chi connectivity index (χ1) is 5.72. The van der Waals surface area contributed by atoms with Gasteiger partial charge in [-0.2, -0.15) is 0 Å². The van der Waals surface area contributed by atoms with Crippen LogP contribution in [0.1, 0.15) is 6.92 Å². The zero-order valence-electron chi connectivity index (χ0n) is 8.08. The predicted octanol–water partition coefficient (Wildman–Crippen LogP) is -0.539. The van der Waals surface area contributed by atoms with Crippen LogP contribution in [0.25, 0.3) is 0 Å². The summed E-state index contributed by atoms with van der Waals surface area (Å²) in [6.07, 6.45) is 0. The van der Waals surface area contributed by atoms with Gasteiger partial charge in [0.2, 0.25) is 0 Å². The van der Waals surface area contributed by atoms with E-state index in [9.17, 15) is 0 Å². The molecule has 2 rings (SSSR count). The summed E-state index contributed by atoms with van der Waals surface area (Å²) in [6.45, 7) is 9.17. The van der Waals surface area contributed by atoms with Crippen LogP contribution >= 0.6 is 0 Å². The molecule has 0 aliphatic carbocycles. The lowest BCUT2D eigenvalue weighted by Gasteiger charge is -2.49. The van der Waals surface area contributed by atoms with Crippen molar-refractivity contribution >= 4 is 0 Å². The Morgan fingerprint density at radius 3 is 2.33 bits per heavy atom. The van der Waals surface area contributed by atoms with Crippen LogP contribution in [0.4, 0.5) is 0 Å². The van der Waals surface area contributed by atoms with E-state index in [4.69, 9.17) is 0 Å². The first-order valence-corrected chi connectivity index (χ1v) is 4.71. The quantitative estimate of drug-likeness (QED) is 0.535. The molecule has 2 atom stereocenters. The molecule has 0 radical (unpaired) electrons. The fraction of sp³-hybridized carbons (Fsp3) is 1.00. The molecular weight excluding hydrogens is 152 g/mol. The Hall–Kier alpha value is -0.160. The smallest absolute Gasteiger partial charge is 0.137 e. The van der Waals surface area contributed by atoms with Gasteiger partial charge >= 0.3 is 0 Å². The second-order valence-electron chi connectivity index (χ2n) is 4.27. The summed E-state index contributed by atoms with van der Waals surface area (Å²) in [7, 11) is 2.34. The van der Waals surface area contributed by atoms with Crippen LogP contribution in [0.3, 0.4) is 0 Å². The summed E-state index contributed by atoms with van der Waals surface area (Å²) in [5.41, 5.74) is 0. The molecule has 2 aliphatic rings. The average Bonchev–Trinajstić information content (AvgIpc) is 2.03. The number of nitrogens with zero attached hydrogens (tertiary/aromatic N) is 3. The number of rotatable bonds is 1. The molecule has 0 aromatic heterocycles. The largest absolute Gasteiger partial charge is 0.301 e. The van der Waals surface area contributed by atoms with Crippen molar-refractivity contribution in [2.24, 2.45) is 0 Å². The van der Waals surface area contributed by atoms with Gasteiger partial charge in [-0.05, 0) is 6.92 Å². The van der Waals surface area contributed by atoms with Crippen LogP contribution in [-0.2, 0) is 0 Å². The second-order valence-corrected chi connectivity index (χ2v) is 4.27. The lowest BCUT2D eigenvalue weighted by atomic mass is 10.4. The van der Waals surface area contributed by atoms with Crippen LogP contribution in [0.2, 0.25) is 0 Å². The maximum Gasteiger partial charge on any atom is 0.137 e. The fourth-order valence-corrected chi connectivity index (χ4v) is 2.15. The summed E-state index contributed by atoms with van der Waals surface area (Å²) in [4.78, 5) is 4.94. The number of nitrogens with one attached hydrogen (secondary N) is 1. The van der Waals surface area contributed by atoms with E-state index < -0.39 is 0 Å². The third kappa shape index (κ3) is 1.47. The predicted molar refractivity (Wildman–Crippen MR) is 47.9 cm³/mol. The van der Waals surface area contributed by atoms with Gasteiger partial charge in [0, 0.05) is 0 Å². The molecule has 4 heteroatoms. The molecule has 1 N–H and O–H groups in total. The average molecular weight is 171 g/mol. The molecule has 2 aliphatic heterocycles. The van der Waals surface area contributed by atoms with Crippen molar-refractivity contribution in [3.63, 3.8) is 0 Å². The summed E-state index contributed by atoms with van der Waals surface area (Å²) in [5, 5.41) is 3.39. The Morgan fingerprint density at radius 1 is 1.25 bits per heavy atom. The first-order valence-electron chi connectivity index (χ1n) is 4.71. The summed E-state index contributed by atoms with van der Waals surface area (Å²) < 4.78 is 1.17. The third-order valence-electron chi connectivity index (χ3n) is 2.92. The van der Waals surface area contributed by atoms with Gasteiger partial charge in [0.25, 0.3) is 0 Å². The van der Waals surface area contributed by atoms with E-state index in [1.165, 1.54) is 24.4 Å². The maximum atomic E-state index is 3.39. The first kappa shape index (κ1) is 8.44. The lowest BCUT2D eigenvalue weighted by molar-refractivity contribution is -0.936. The van der Waals surface area contributed by atoms with Crippen LogP contribution < -0.4 is 5.32 Å². The Labute approximate surface area is 74.3 Å². The summed E-state index contributed by atoms with van der Waals surface area (Å²) >= 11 is 0. The molecule has 4 nitrogen and oxygen atoms in total. The number of fused-ring (bicyclic) bond motifs is 2. The van der Waals surface area contributed by atoms with E-state index in [0.717, 1.165) is 20.0 Å². The number of hydrogen-bond acceptors (Lipinski definition) is 3. The van der Waals surface area contributed by atoms with Crippen LogP contribution in [0, 0.1) is 0 Å². The van der Waals surface area contributed by atoms with Crippen LogP contribution in [0.15, 0.2) is 0 Å². The molecule has 0 aromatic rings. The van der Waals surface area contributed by atoms with Crippen molar-refractivity contribution < 1.29 is 4.48 Å². The normalized spacial score (nSPS) is 47.5. The van der Waals surface area contributed by atoms with E-state index in [2.05, 4.69) is 29.1 Å². The van der Waals surface area contributed by atoms with Crippen LogP contribution in [0.5, 0.6) is 0 Å². The molecule has 70 valence electrons. The van der Waals surface area contributed by atoms with Gasteiger partial charge in [-0.15, -0.1) is 0 Å². The Balaban J connectivity index is 2.05. The Morgan fingerprint density at radius 2 is 1.83 bits per heavy atom. The fourth-order valence-electron chi connectivity index (χ4n) is 2.15. The molecule has 2 unspecified atom stereocenters. The van der Waals surface area contributed by atoms with Gasteiger partial charge in [0.05, 0.1) is 33.6 Å². The molecular formula is C8H19N4+. The van der Waals surface area contributed by atoms with Crippen molar-refractivity contribution in [2.75, 3.05) is 46.9 Å². The maximum absolute atomic E-state index is 3.39. The van der Waals surface area contributed by atoms with Crippen molar-refractivity contribution in [3.8, 4) is 0 Å². The van der Waals surface area contributed by atoms with Gasteiger partial charge in [0.1, 0.15) is 13.3 Å². The molecule has 2 saturated heterocycles. The van der Waals surface area contributed by atoms with E-state index in [1.54, 1.807) is 0 Å². The minimum atomic E-state index is 1.06. The van der Waals surface area contributed by atoms with E-state index in [0.29, 0.717) is 0 Å². The molecule has 2 bridgehead atoms. The second kappa shape index (κ2) is 2.96. The highest BCUT2D eigenvalue weighted by molar-refractivity contribution is 4.64. The van der Waals surface area contributed by atoms with Gasteiger partial charge in [0.15, 0.2) is 0 Å². The minimum Gasteiger partial charge on any atom is -0.301 e. The van der Waals surface area contributed by atoms with Gasteiger partial charge in [-0.1, -0.05) is 0 Å². The third-order valence-corrected chi connectivity index (χ3v) is 2.92. The molecule has 0 spiro atoms. The molecule has 0 amide bonds. The van der Waals surface area contributed by atoms with E-state index in [1.807, 2.05) is 0 Å². The number of quaternary nitrogens is 1. The van der Waals surface area contributed by atoms with Crippen molar-refractivity contribution in [1.29, 1.82) is 0 Å². The molecule has 12 heavy (non-hydrogen) atoms. The standard InChI is InChI=1S/C8H19N4/c1-3-12(2)7-10-4-9-5-11(6-10)8-12/h9H,3-8H2,1-2H3/q+1. The zero-order valence-corrected chi connectivity index (χ0v) is 8.08. The zero-order chi connectivity index (χ0) is 8.60. The molecule has 2 heterocycles. The van der Waals surface area contributed by atoms with Crippen LogP contribution in [-0.4, -0.2) is 61.2 Å². The Kier molecular flexibility index (Phi) is 2.08. The van der Waals surface area contributed by atoms with E-state index >= 15 is 0 Å². The number of hydrogen-bond donors (Lipinski definition) is 1. The highest BCUT2D eigenvalue weighted by Crippen LogP contribution is 2.14. The van der Waals surface area contributed by atoms with Crippen molar-refractivity contribution in [2.45, 2.75) is 6.92 Å². The van der Waals surface area contributed by atoms with Crippen molar-refractivity contribution in [1.82, 2.24) is 15.1 Å². The lowest BCUT2D eigenvalue weighted by Crippen LogP contribution is -2.69. The summed E-state index contributed by atoms with van der Waals surface area (Å²) in [6, 6.07) is 0.